The van der Waals surface area contributed by atoms with E-state index in [2.05, 4.69) is 0 Å². The summed E-state index contributed by atoms with van der Waals surface area (Å²) in [5.74, 6) is -0.547. The molecule has 0 unspecified atom stereocenters. The smallest absolute Gasteiger partial charge is 0.265 e. The minimum Gasteiger partial charge on any atom is -0.318 e. The number of amides is 1. The van der Waals surface area contributed by atoms with Crippen LogP contribution in [0.1, 0.15) is 17.0 Å². The minimum atomic E-state index is -0.449. The monoisotopic (exact) mass is 380 g/mol. The summed E-state index contributed by atoms with van der Waals surface area (Å²) in [6.07, 6.45) is 1.84. The quantitative estimate of drug-likeness (QED) is 0.557. The first-order valence-corrected chi connectivity index (χ1v) is 8.76. The average molecular weight is 381 g/mol. The number of nitrogens with zero attached hydrogens (tertiary/aromatic N) is 2. The van der Waals surface area contributed by atoms with Crippen LogP contribution in [0.25, 0.3) is 11.8 Å². The third kappa shape index (κ3) is 2.90. The second-order valence-corrected chi connectivity index (χ2v) is 7.58. The number of rotatable bonds is 2. The lowest BCUT2D eigenvalue weighted by Gasteiger charge is -2.10. The third-order valence-corrected chi connectivity index (χ3v) is 5.68. The predicted octanol–water partition coefficient (Wildman–Crippen LogP) is 4.72. The van der Waals surface area contributed by atoms with Crippen LogP contribution >= 0.6 is 35.6 Å². The van der Waals surface area contributed by atoms with Crippen LogP contribution in [0.5, 0.6) is 0 Å². The van der Waals surface area contributed by atoms with Crippen LogP contribution in [0.4, 0.5) is 4.39 Å². The van der Waals surface area contributed by atoms with Gasteiger partial charge in [-0.1, -0.05) is 35.6 Å². The fraction of sp³-hybridized carbons (Fsp3) is 0.176. The number of hydrogen-bond donors (Lipinski definition) is 0. The van der Waals surface area contributed by atoms with Gasteiger partial charge in [-0.15, -0.1) is 0 Å². The molecule has 1 saturated heterocycles. The third-order valence-electron chi connectivity index (χ3n) is 3.90. The van der Waals surface area contributed by atoms with Gasteiger partial charge < -0.3 is 4.57 Å². The topological polar surface area (TPSA) is 25.2 Å². The van der Waals surface area contributed by atoms with Crippen molar-refractivity contribution < 1.29 is 9.18 Å². The molecule has 24 heavy (non-hydrogen) atoms. The maximum Gasteiger partial charge on any atom is 0.265 e. The van der Waals surface area contributed by atoms with Gasteiger partial charge in [-0.3, -0.25) is 9.69 Å². The van der Waals surface area contributed by atoms with Crippen LogP contribution in [0.2, 0.25) is 5.02 Å². The van der Waals surface area contributed by atoms with Crippen LogP contribution in [0.3, 0.4) is 0 Å². The minimum absolute atomic E-state index is 0.0772. The van der Waals surface area contributed by atoms with Crippen molar-refractivity contribution in [1.82, 2.24) is 9.47 Å². The SMILES string of the molecule is Cc1cc(/C=C2/SC(=S)N(C)C2=O)c(C)n1-c1ccc(F)c(Cl)c1. The number of aryl methyl sites for hydroxylation is 1. The highest BCUT2D eigenvalue weighted by atomic mass is 35.5. The Bertz CT molecular complexity index is 904. The van der Waals surface area contributed by atoms with E-state index >= 15 is 0 Å². The fourth-order valence-electron chi connectivity index (χ4n) is 2.64. The molecule has 0 atom stereocenters. The fourth-order valence-corrected chi connectivity index (χ4v) is 3.99. The molecule has 7 heteroatoms. The number of carbonyl (C=O) groups excluding carboxylic acids is 1. The molecular formula is C17H14ClFN2OS2. The van der Waals surface area contributed by atoms with Crippen molar-refractivity contribution in [1.29, 1.82) is 0 Å². The lowest BCUT2D eigenvalue weighted by molar-refractivity contribution is -0.121. The van der Waals surface area contributed by atoms with E-state index in [0.717, 1.165) is 22.6 Å². The number of benzene rings is 1. The van der Waals surface area contributed by atoms with E-state index in [1.54, 1.807) is 19.2 Å². The predicted molar refractivity (Wildman–Crippen MR) is 101 cm³/mol. The lowest BCUT2D eigenvalue weighted by Crippen LogP contribution is -2.22. The summed E-state index contributed by atoms with van der Waals surface area (Å²) in [6, 6.07) is 6.59. The van der Waals surface area contributed by atoms with Crippen LogP contribution in [0, 0.1) is 19.7 Å². The summed E-state index contributed by atoms with van der Waals surface area (Å²) < 4.78 is 15.9. The Kier molecular flexibility index (Phi) is 4.55. The first-order valence-electron chi connectivity index (χ1n) is 7.15. The van der Waals surface area contributed by atoms with Gasteiger partial charge in [0.2, 0.25) is 0 Å². The van der Waals surface area contributed by atoms with Crippen molar-refractivity contribution in [3.8, 4) is 5.69 Å². The second kappa shape index (κ2) is 6.35. The highest BCUT2D eigenvalue weighted by molar-refractivity contribution is 8.26. The van der Waals surface area contributed by atoms with E-state index in [4.69, 9.17) is 23.8 Å². The molecule has 2 heterocycles. The Morgan fingerprint density at radius 1 is 1.29 bits per heavy atom. The molecular weight excluding hydrogens is 367 g/mol. The summed E-state index contributed by atoms with van der Waals surface area (Å²) in [6.45, 7) is 3.90. The van der Waals surface area contributed by atoms with Gasteiger partial charge in [0.1, 0.15) is 10.1 Å². The number of aromatic nitrogens is 1. The summed E-state index contributed by atoms with van der Waals surface area (Å²) in [5, 5.41) is 0.0772. The van der Waals surface area contributed by atoms with Crippen molar-refractivity contribution >= 4 is 51.9 Å². The van der Waals surface area contributed by atoms with E-state index in [-0.39, 0.29) is 10.9 Å². The van der Waals surface area contributed by atoms with Gasteiger partial charge in [0.25, 0.3) is 5.91 Å². The number of likely N-dealkylation sites (N-methyl/N-ethyl adjacent to an activating group) is 1. The molecule has 0 saturated carbocycles. The molecule has 1 aliphatic rings. The van der Waals surface area contributed by atoms with Gasteiger partial charge in [0.15, 0.2) is 0 Å². The molecule has 1 aromatic heterocycles. The Hall–Kier alpha value is -1.63. The zero-order valence-electron chi connectivity index (χ0n) is 13.3. The zero-order valence-corrected chi connectivity index (χ0v) is 15.7. The number of thioether (sulfide) groups is 1. The first kappa shape index (κ1) is 17.2. The van der Waals surface area contributed by atoms with Gasteiger partial charge >= 0.3 is 0 Å². The van der Waals surface area contributed by atoms with Crippen LogP contribution < -0.4 is 0 Å². The molecule has 1 aromatic carbocycles. The van der Waals surface area contributed by atoms with E-state index in [0.29, 0.717) is 9.23 Å². The summed E-state index contributed by atoms with van der Waals surface area (Å²) >= 11 is 12.3. The summed E-state index contributed by atoms with van der Waals surface area (Å²) in [7, 11) is 1.67. The van der Waals surface area contributed by atoms with Crippen molar-refractivity contribution in [3.63, 3.8) is 0 Å². The molecule has 3 nitrogen and oxygen atoms in total. The Balaban J connectivity index is 2.06. The highest BCUT2D eigenvalue weighted by Gasteiger charge is 2.29. The lowest BCUT2D eigenvalue weighted by atomic mass is 10.2. The van der Waals surface area contributed by atoms with Gasteiger partial charge in [-0.2, -0.15) is 0 Å². The first-order chi connectivity index (χ1) is 11.3. The van der Waals surface area contributed by atoms with Crippen LogP contribution in [-0.2, 0) is 4.79 Å². The molecule has 1 aliphatic heterocycles. The molecule has 2 aromatic rings. The standard InChI is InChI=1S/C17H14ClFN2OS2/c1-9-6-11(7-15-16(22)20(3)17(23)24-15)10(2)21(9)12-4-5-14(19)13(18)8-12/h4-8H,1-3H3/b15-7+. The summed E-state index contributed by atoms with van der Waals surface area (Å²) in [5.41, 5.74) is 3.60. The largest absolute Gasteiger partial charge is 0.318 e. The van der Waals surface area contributed by atoms with Crippen molar-refractivity contribution in [2.45, 2.75) is 13.8 Å². The van der Waals surface area contributed by atoms with Gasteiger partial charge in [0.05, 0.1) is 9.93 Å². The van der Waals surface area contributed by atoms with Gasteiger partial charge in [0, 0.05) is 24.1 Å². The van der Waals surface area contributed by atoms with Gasteiger partial charge in [-0.25, -0.2) is 4.39 Å². The molecule has 0 spiro atoms. The molecule has 0 aliphatic carbocycles. The average Bonchev–Trinajstić information content (AvgIpc) is 2.94. The normalized spacial score (nSPS) is 16.5. The number of carbonyl (C=O) groups is 1. The van der Waals surface area contributed by atoms with Gasteiger partial charge in [-0.05, 0) is 49.8 Å². The van der Waals surface area contributed by atoms with E-state index < -0.39 is 5.82 Å². The van der Waals surface area contributed by atoms with Crippen LogP contribution in [-0.4, -0.2) is 26.7 Å². The number of thiocarbonyl (C=S) groups is 1. The van der Waals surface area contributed by atoms with Crippen molar-refractivity contribution in [2.24, 2.45) is 0 Å². The highest BCUT2D eigenvalue weighted by Crippen LogP contribution is 2.33. The Morgan fingerprint density at radius 2 is 2.00 bits per heavy atom. The number of hydrogen-bond acceptors (Lipinski definition) is 3. The van der Waals surface area contributed by atoms with E-state index in [1.165, 1.54) is 22.7 Å². The zero-order chi connectivity index (χ0) is 17.6. The molecule has 1 fully saturated rings. The van der Waals surface area contributed by atoms with E-state index in [1.807, 2.05) is 30.6 Å². The molecule has 1 amide bonds. The molecule has 0 N–H and O–H groups in total. The Labute approximate surface area is 154 Å². The molecule has 124 valence electrons. The van der Waals surface area contributed by atoms with Crippen molar-refractivity contribution in [3.05, 3.63) is 57.0 Å². The Morgan fingerprint density at radius 3 is 2.58 bits per heavy atom. The second-order valence-electron chi connectivity index (χ2n) is 5.50. The van der Waals surface area contributed by atoms with E-state index in [9.17, 15) is 9.18 Å². The molecule has 0 bridgehead atoms. The van der Waals surface area contributed by atoms with Crippen molar-refractivity contribution in [2.75, 3.05) is 7.05 Å². The molecule has 0 radical (unpaired) electrons. The molecule has 3 rings (SSSR count). The maximum absolute atomic E-state index is 13.4. The summed E-state index contributed by atoms with van der Waals surface area (Å²) in [4.78, 5) is 14.2. The maximum atomic E-state index is 13.4. The van der Waals surface area contributed by atoms with Crippen LogP contribution in [0.15, 0.2) is 29.2 Å². The number of halogens is 2.